The third kappa shape index (κ3) is 5.55. The normalized spacial score (nSPS) is 16.3. The SMILES string of the molecule is CC(C)(C)Sc1ccc(NC(=O)C(=O)N2CCC(O)CC2)cc1. The van der Waals surface area contributed by atoms with Crippen LogP contribution in [-0.4, -0.2) is 45.8 Å². The topological polar surface area (TPSA) is 69.6 Å². The quantitative estimate of drug-likeness (QED) is 0.643. The number of piperidine rings is 1. The third-order valence-corrected chi connectivity index (χ3v) is 4.60. The van der Waals surface area contributed by atoms with Crippen LogP contribution in [0.3, 0.4) is 0 Å². The average molecular weight is 336 g/mol. The molecule has 1 fully saturated rings. The fourth-order valence-corrected chi connectivity index (χ4v) is 3.34. The van der Waals surface area contributed by atoms with Crippen molar-refractivity contribution in [3.8, 4) is 0 Å². The summed E-state index contributed by atoms with van der Waals surface area (Å²) >= 11 is 1.75. The summed E-state index contributed by atoms with van der Waals surface area (Å²) in [5, 5.41) is 12.1. The highest BCUT2D eigenvalue weighted by atomic mass is 32.2. The lowest BCUT2D eigenvalue weighted by molar-refractivity contribution is -0.144. The first-order chi connectivity index (χ1) is 10.7. The van der Waals surface area contributed by atoms with Gasteiger partial charge in [-0.3, -0.25) is 9.59 Å². The number of benzene rings is 1. The van der Waals surface area contributed by atoms with Gasteiger partial charge in [0, 0.05) is 28.4 Å². The monoisotopic (exact) mass is 336 g/mol. The number of likely N-dealkylation sites (tertiary alicyclic amines) is 1. The van der Waals surface area contributed by atoms with E-state index in [0.29, 0.717) is 31.6 Å². The molecule has 126 valence electrons. The van der Waals surface area contributed by atoms with E-state index in [1.807, 2.05) is 12.1 Å². The summed E-state index contributed by atoms with van der Waals surface area (Å²) in [7, 11) is 0. The van der Waals surface area contributed by atoms with Crippen LogP contribution in [0.1, 0.15) is 33.6 Å². The van der Waals surface area contributed by atoms with Crippen molar-refractivity contribution >= 4 is 29.3 Å². The Hall–Kier alpha value is -1.53. The molecule has 1 heterocycles. The number of aliphatic hydroxyl groups is 1. The Morgan fingerprint density at radius 1 is 1.17 bits per heavy atom. The maximum absolute atomic E-state index is 12.1. The van der Waals surface area contributed by atoms with Gasteiger partial charge in [0.15, 0.2) is 0 Å². The van der Waals surface area contributed by atoms with Crippen LogP contribution < -0.4 is 5.32 Å². The maximum Gasteiger partial charge on any atom is 0.313 e. The van der Waals surface area contributed by atoms with Gasteiger partial charge in [0.05, 0.1) is 6.10 Å². The molecule has 0 aliphatic carbocycles. The van der Waals surface area contributed by atoms with E-state index in [0.717, 1.165) is 4.90 Å². The van der Waals surface area contributed by atoms with Crippen molar-refractivity contribution in [2.24, 2.45) is 0 Å². The Bertz CT molecular complexity index is 558. The first-order valence-electron chi connectivity index (χ1n) is 7.82. The predicted molar refractivity (Wildman–Crippen MR) is 92.5 cm³/mol. The van der Waals surface area contributed by atoms with Crippen LogP contribution in [-0.2, 0) is 9.59 Å². The number of amides is 2. The number of rotatable bonds is 2. The first-order valence-corrected chi connectivity index (χ1v) is 8.64. The summed E-state index contributed by atoms with van der Waals surface area (Å²) in [5.74, 6) is -1.16. The molecule has 0 unspecified atom stereocenters. The van der Waals surface area contributed by atoms with E-state index < -0.39 is 11.8 Å². The molecule has 0 bridgehead atoms. The highest BCUT2D eigenvalue weighted by molar-refractivity contribution is 8.00. The van der Waals surface area contributed by atoms with Crippen LogP contribution in [0.15, 0.2) is 29.2 Å². The number of carbonyl (C=O) groups excluding carboxylic acids is 2. The molecule has 0 saturated carbocycles. The van der Waals surface area contributed by atoms with E-state index >= 15 is 0 Å². The zero-order valence-electron chi connectivity index (χ0n) is 13.8. The van der Waals surface area contributed by atoms with Gasteiger partial charge in [0.1, 0.15) is 0 Å². The molecule has 2 N–H and O–H groups in total. The Labute approximate surface area is 141 Å². The van der Waals surface area contributed by atoms with Crippen molar-refractivity contribution in [3.05, 3.63) is 24.3 Å². The highest BCUT2D eigenvalue weighted by Gasteiger charge is 2.26. The summed E-state index contributed by atoms with van der Waals surface area (Å²) in [6, 6.07) is 7.49. The molecule has 1 aliphatic heterocycles. The second-order valence-corrected chi connectivity index (χ2v) is 8.62. The maximum atomic E-state index is 12.1. The fourth-order valence-electron chi connectivity index (χ4n) is 2.36. The zero-order valence-corrected chi connectivity index (χ0v) is 14.7. The molecule has 2 rings (SSSR count). The van der Waals surface area contributed by atoms with Crippen LogP contribution in [0.25, 0.3) is 0 Å². The molecule has 0 spiro atoms. The molecule has 6 heteroatoms. The molecule has 0 aromatic heterocycles. The summed E-state index contributed by atoms with van der Waals surface area (Å²) in [4.78, 5) is 26.7. The number of nitrogens with zero attached hydrogens (tertiary/aromatic N) is 1. The lowest BCUT2D eigenvalue weighted by Gasteiger charge is -2.28. The minimum atomic E-state index is -0.627. The lowest BCUT2D eigenvalue weighted by atomic mass is 10.1. The number of aliphatic hydroxyl groups excluding tert-OH is 1. The number of nitrogens with one attached hydrogen (secondary N) is 1. The number of carbonyl (C=O) groups is 2. The number of anilines is 1. The van der Waals surface area contributed by atoms with Gasteiger partial charge in [-0.1, -0.05) is 20.8 Å². The van der Waals surface area contributed by atoms with Crippen LogP contribution >= 0.6 is 11.8 Å². The average Bonchev–Trinajstić information content (AvgIpc) is 2.48. The number of thioether (sulfide) groups is 1. The smallest absolute Gasteiger partial charge is 0.313 e. The van der Waals surface area contributed by atoms with Crippen molar-refractivity contribution in [2.75, 3.05) is 18.4 Å². The fraction of sp³-hybridized carbons (Fsp3) is 0.529. The van der Waals surface area contributed by atoms with Crippen LogP contribution in [0, 0.1) is 0 Å². The molecular weight excluding hydrogens is 312 g/mol. The van der Waals surface area contributed by atoms with Crippen LogP contribution in [0.4, 0.5) is 5.69 Å². The Kier molecular flexibility index (Phi) is 5.70. The van der Waals surface area contributed by atoms with Crippen molar-refractivity contribution < 1.29 is 14.7 Å². The molecule has 0 radical (unpaired) electrons. The molecule has 0 atom stereocenters. The van der Waals surface area contributed by atoms with Gasteiger partial charge in [-0.05, 0) is 37.1 Å². The van der Waals surface area contributed by atoms with E-state index in [2.05, 4.69) is 26.1 Å². The second-order valence-electron chi connectivity index (χ2n) is 6.72. The summed E-state index contributed by atoms with van der Waals surface area (Å²) < 4.78 is 0.125. The van der Waals surface area contributed by atoms with Crippen LogP contribution in [0.2, 0.25) is 0 Å². The predicted octanol–water partition coefficient (Wildman–Crippen LogP) is 2.50. The minimum Gasteiger partial charge on any atom is -0.393 e. The van der Waals surface area contributed by atoms with Gasteiger partial charge >= 0.3 is 11.8 Å². The van der Waals surface area contributed by atoms with Gasteiger partial charge in [-0.15, -0.1) is 11.8 Å². The molecule has 1 aromatic rings. The molecular formula is C17H24N2O3S. The van der Waals surface area contributed by atoms with Gasteiger partial charge in [-0.25, -0.2) is 0 Å². The van der Waals surface area contributed by atoms with Gasteiger partial charge in [0.2, 0.25) is 0 Å². The molecule has 2 amide bonds. The Balaban J connectivity index is 1.91. The zero-order chi connectivity index (χ0) is 17.0. The van der Waals surface area contributed by atoms with Crippen molar-refractivity contribution in [2.45, 2.75) is 49.4 Å². The lowest BCUT2D eigenvalue weighted by Crippen LogP contribution is -2.45. The minimum absolute atomic E-state index is 0.125. The number of hydrogen-bond acceptors (Lipinski definition) is 4. The first kappa shape index (κ1) is 17.8. The molecule has 23 heavy (non-hydrogen) atoms. The Morgan fingerprint density at radius 2 is 1.74 bits per heavy atom. The van der Waals surface area contributed by atoms with E-state index in [4.69, 9.17) is 0 Å². The van der Waals surface area contributed by atoms with E-state index in [1.165, 1.54) is 4.90 Å². The van der Waals surface area contributed by atoms with Gasteiger partial charge < -0.3 is 15.3 Å². The second kappa shape index (κ2) is 7.36. The summed E-state index contributed by atoms with van der Waals surface area (Å²) in [6.45, 7) is 7.27. The van der Waals surface area contributed by atoms with E-state index in [-0.39, 0.29) is 10.9 Å². The summed E-state index contributed by atoms with van der Waals surface area (Å²) in [6.07, 6.45) is 0.685. The van der Waals surface area contributed by atoms with E-state index in [1.54, 1.807) is 23.9 Å². The largest absolute Gasteiger partial charge is 0.393 e. The van der Waals surface area contributed by atoms with Gasteiger partial charge in [0.25, 0.3) is 0 Å². The molecule has 1 aromatic carbocycles. The molecule has 1 saturated heterocycles. The highest BCUT2D eigenvalue weighted by Crippen LogP contribution is 2.32. The standard InChI is InChI=1S/C17H24N2O3S/c1-17(2,3)23-14-6-4-12(5-7-14)18-15(21)16(22)19-10-8-13(20)9-11-19/h4-7,13,20H,8-11H2,1-3H3,(H,18,21). The molecule has 5 nitrogen and oxygen atoms in total. The van der Waals surface area contributed by atoms with Crippen molar-refractivity contribution in [1.29, 1.82) is 0 Å². The van der Waals surface area contributed by atoms with Crippen molar-refractivity contribution in [3.63, 3.8) is 0 Å². The van der Waals surface area contributed by atoms with E-state index in [9.17, 15) is 14.7 Å². The number of hydrogen-bond donors (Lipinski definition) is 2. The molecule has 1 aliphatic rings. The van der Waals surface area contributed by atoms with Gasteiger partial charge in [-0.2, -0.15) is 0 Å². The van der Waals surface area contributed by atoms with Crippen LogP contribution in [0.5, 0.6) is 0 Å². The van der Waals surface area contributed by atoms with Crippen molar-refractivity contribution in [1.82, 2.24) is 4.90 Å². The Morgan fingerprint density at radius 3 is 2.26 bits per heavy atom. The third-order valence-electron chi connectivity index (χ3n) is 3.48. The summed E-state index contributed by atoms with van der Waals surface area (Å²) in [5.41, 5.74) is 0.610.